The first kappa shape index (κ1) is 15.5. The summed E-state index contributed by atoms with van der Waals surface area (Å²) in [5, 5.41) is 12.8. The number of nitrogens with one attached hydrogen (secondary N) is 1. The number of hydrogen-bond donors (Lipinski definition) is 2. The molecule has 6 heteroatoms. The van der Waals surface area contributed by atoms with E-state index in [4.69, 9.17) is 0 Å². The van der Waals surface area contributed by atoms with Gasteiger partial charge in [0.2, 0.25) is 0 Å². The zero-order chi connectivity index (χ0) is 17.4. The molecule has 0 spiro atoms. The second kappa shape index (κ2) is 6.14. The average Bonchev–Trinajstić information content (AvgIpc) is 3.16. The summed E-state index contributed by atoms with van der Waals surface area (Å²) >= 11 is 1.40. The Morgan fingerprint density at radius 2 is 1.92 bits per heavy atom. The van der Waals surface area contributed by atoms with Crippen LogP contribution in [0.2, 0.25) is 0 Å². The van der Waals surface area contributed by atoms with Crippen molar-refractivity contribution < 1.29 is 14.7 Å². The second-order valence-electron chi connectivity index (χ2n) is 5.81. The Morgan fingerprint density at radius 1 is 1.12 bits per heavy atom. The maximum Gasteiger partial charge on any atom is 0.336 e. The fraction of sp³-hybridized carbons (Fsp3) is 0.105. The molecule has 2 N–H and O–H groups in total. The number of Topliss-reactive ketones (excluding diaryl/α,β-unsaturated/α-hetero) is 1. The summed E-state index contributed by atoms with van der Waals surface area (Å²) in [5.41, 5.74) is 3.47. The smallest absolute Gasteiger partial charge is 0.336 e. The molecule has 25 heavy (non-hydrogen) atoms. The minimum atomic E-state index is -1.10. The summed E-state index contributed by atoms with van der Waals surface area (Å²) in [6.45, 7) is 0. The molecule has 1 aliphatic rings. The van der Waals surface area contributed by atoms with Crippen LogP contribution in [0.15, 0.2) is 60.2 Å². The van der Waals surface area contributed by atoms with E-state index < -0.39 is 11.9 Å². The van der Waals surface area contributed by atoms with Crippen LogP contribution in [0.5, 0.6) is 0 Å². The van der Waals surface area contributed by atoms with Gasteiger partial charge in [-0.2, -0.15) is 0 Å². The van der Waals surface area contributed by atoms with Crippen molar-refractivity contribution in [2.75, 3.05) is 5.32 Å². The van der Waals surface area contributed by atoms with E-state index in [1.165, 1.54) is 17.4 Å². The zero-order valence-corrected chi connectivity index (χ0v) is 13.9. The number of carboxylic acid groups (broad SMARTS) is 1. The standard InChI is InChI=1S/C19H14N2O3S/c22-18-15-12(19(23)24)7-4-8-13(15)21-17(11-5-2-1-3-6-11)16(18)14-9-20-10-25-14/h1-10,16-17,21H,(H,23,24). The van der Waals surface area contributed by atoms with E-state index >= 15 is 0 Å². The predicted molar refractivity (Wildman–Crippen MR) is 95.4 cm³/mol. The Labute approximate surface area is 148 Å². The first-order chi connectivity index (χ1) is 12.2. The van der Waals surface area contributed by atoms with Gasteiger partial charge in [-0.15, -0.1) is 11.3 Å². The summed E-state index contributed by atoms with van der Waals surface area (Å²) < 4.78 is 0. The van der Waals surface area contributed by atoms with Crippen molar-refractivity contribution in [3.8, 4) is 0 Å². The van der Waals surface area contributed by atoms with E-state index in [2.05, 4.69) is 10.3 Å². The number of anilines is 1. The van der Waals surface area contributed by atoms with Crippen molar-refractivity contribution in [1.29, 1.82) is 0 Å². The highest BCUT2D eigenvalue weighted by molar-refractivity contribution is 7.09. The van der Waals surface area contributed by atoms with Gasteiger partial charge >= 0.3 is 5.97 Å². The molecule has 1 aliphatic heterocycles. The second-order valence-corrected chi connectivity index (χ2v) is 6.73. The average molecular weight is 350 g/mol. The summed E-state index contributed by atoms with van der Waals surface area (Å²) in [6, 6.07) is 14.3. The van der Waals surface area contributed by atoms with Crippen LogP contribution in [0.3, 0.4) is 0 Å². The molecule has 1 aromatic heterocycles. The molecule has 124 valence electrons. The molecule has 0 radical (unpaired) electrons. The number of carbonyl (C=O) groups excluding carboxylic acids is 1. The van der Waals surface area contributed by atoms with Crippen LogP contribution in [-0.4, -0.2) is 21.8 Å². The van der Waals surface area contributed by atoms with Crippen molar-refractivity contribution in [3.05, 3.63) is 81.8 Å². The van der Waals surface area contributed by atoms with Gasteiger partial charge in [0.05, 0.1) is 28.6 Å². The monoisotopic (exact) mass is 350 g/mol. The highest BCUT2D eigenvalue weighted by atomic mass is 32.1. The van der Waals surface area contributed by atoms with Gasteiger partial charge in [-0.25, -0.2) is 4.79 Å². The predicted octanol–water partition coefficient (Wildman–Crippen LogP) is 3.97. The minimum Gasteiger partial charge on any atom is -0.478 e. The molecule has 4 rings (SSSR count). The Balaban J connectivity index is 1.91. The maximum atomic E-state index is 13.3. The maximum absolute atomic E-state index is 13.3. The number of hydrogen-bond acceptors (Lipinski definition) is 5. The van der Waals surface area contributed by atoms with E-state index in [1.807, 2.05) is 30.3 Å². The third-order valence-corrected chi connectivity index (χ3v) is 5.24. The number of rotatable bonds is 3. The van der Waals surface area contributed by atoms with E-state index in [1.54, 1.807) is 23.8 Å². The van der Waals surface area contributed by atoms with Gasteiger partial charge in [-0.05, 0) is 17.7 Å². The molecule has 2 atom stereocenters. The lowest BCUT2D eigenvalue weighted by atomic mass is 9.80. The molecule has 0 saturated carbocycles. The highest BCUT2D eigenvalue weighted by Gasteiger charge is 2.40. The van der Waals surface area contributed by atoms with E-state index in [9.17, 15) is 14.7 Å². The third-order valence-electron chi connectivity index (χ3n) is 4.38. The first-order valence-electron chi connectivity index (χ1n) is 7.77. The molecule has 0 aliphatic carbocycles. The highest BCUT2D eigenvalue weighted by Crippen LogP contribution is 2.44. The fourth-order valence-electron chi connectivity index (χ4n) is 3.28. The molecule has 2 heterocycles. The number of aromatic carboxylic acids is 1. The third kappa shape index (κ3) is 2.60. The lowest BCUT2D eigenvalue weighted by Crippen LogP contribution is -2.32. The lowest BCUT2D eigenvalue weighted by Gasteiger charge is -2.34. The normalized spacial score (nSPS) is 19.1. The number of ketones is 1. The minimum absolute atomic E-state index is 0.0241. The molecule has 0 fully saturated rings. The van der Waals surface area contributed by atoms with Crippen LogP contribution in [0.25, 0.3) is 0 Å². The molecule has 0 amide bonds. The van der Waals surface area contributed by atoms with Gasteiger partial charge < -0.3 is 10.4 Å². The topological polar surface area (TPSA) is 79.3 Å². The molecular weight excluding hydrogens is 336 g/mol. The van der Waals surface area contributed by atoms with E-state index in [-0.39, 0.29) is 23.0 Å². The van der Waals surface area contributed by atoms with Crippen LogP contribution < -0.4 is 5.32 Å². The number of benzene rings is 2. The Bertz CT molecular complexity index is 939. The zero-order valence-electron chi connectivity index (χ0n) is 13.0. The molecule has 0 saturated heterocycles. The molecule has 5 nitrogen and oxygen atoms in total. The van der Waals surface area contributed by atoms with Crippen molar-refractivity contribution in [3.63, 3.8) is 0 Å². The molecule has 3 aromatic rings. The Morgan fingerprint density at radius 3 is 2.60 bits per heavy atom. The van der Waals surface area contributed by atoms with Gasteiger partial charge in [0, 0.05) is 16.8 Å². The number of nitrogens with zero attached hydrogens (tertiary/aromatic N) is 1. The summed E-state index contributed by atoms with van der Waals surface area (Å²) in [7, 11) is 0. The van der Waals surface area contributed by atoms with Crippen LogP contribution in [0.1, 0.15) is 43.1 Å². The number of carboxylic acids is 1. The first-order valence-corrected chi connectivity index (χ1v) is 8.65. The lowest BCUT2D eigenvalue weighted by molar-refractivity contribution is 0.0690. The van der Waals surface area contributed by atoms with Crippen LogP contribution in [0.4, 0.5) is 5.69 Å². The molecular formula is C19H14N2O3S. The van der Waals surface area contributed by atoms with Gasteiger partial charge in [-0.3, -0.25) is 9.78 Å². The summed E-state index contributed by atoms with van der Waals surface area (Å²) in [4.78, 5) is 29.8. The van der Waals surface area contributed by atoms with Crippen molar-refractivity contribution in [1.82, 2.24) is 4.98 Å². The molecule has 2 aromatic carbocycles. The number of fused-ring (bicyclic) bond motifs is 1. The van der Waals surface area contributed by atoms with E-state index in [0.29, 0.717) is 5.69 Å². The van der Waals surface area contributed by atoms with Crippen molar-refractivity contribution in [2.45, 2.75) is 12.0 Å². The van der Waals surface area contributed by atoms with Crippen LogP contribution >= 0.6 is 11.3 Å². The molecule has 2 unspecified atom stereocenters. The Kier molecular flexibility index (Phi) is 3.82. The number of thiazole rings is 1. The van der Waals surface area contributed by atoms with Gasteiger partial charge in [0.15, 0.2) is 5.78 Å². The van der Waals surface area contributed by atoms with Crippen LogP contribution in [-0.2, 0) is 0 Å². The summed E-state index contributed by atoms with van der Waals surface area (Å²) in [5.74, 6) is -1.80. The van der Waals surface area contributed by atoms with Crippen molar-refractivity contribution >= 4 is 28.8 Å². The fourth-order valence-corrected chi connectivity index (χ4v) is 4.04. The van der Waals surface area contributed by atoms with E-state index in [0.717, 1.165) is 10.4 Å². The molecule has 0 bridgehead atoms. The van der Waals surface area contributed by atoms with Gasteiger partial charge in [-0.1, -0.05) is 36.4 Å². The Hall–Kier alpha value is -2.99. The summed E-state index contributed by atoms with van der Waals surface area (Å²) in [6.07, 6.45) is 1.68. The van der Waals surface area contributed by atoms with Gasteiger partial charge in [0.1, 0.15) is 0 Å². The largest absolute Gasteiger partial charge is 0.478 e. The van der Waals surface area contributed by atoms with Crippen LogP contribution in [0, 0.1) is 0 Å². The number of carbonyl (C=O) groups is 2. The SMILES string of the molecule is O=C(O)c1cccc2c1C(=O)C(c1cncs1)C(c1ccccc1)N2. The van der Waals surface area contributed by atoms with Gasteiger partial charge in [0.25, 0.3) is 0 Å². The number of aromatic nitrogens is 1. The quantitative estimate of drug-likeness (QED) is 0.747. The van der Waals surface area contributed by atoms with Crippen molar-refractivity contribution in [2.24, 2.45) is 0 Å².